The quantitative estimate of drug-likeness (QED) is 0.267. The minimum atomic E-state index is -0.114. The lowest BCUT2D eigenvalue weighted by molar-refractivity contribution is 0.416. The van der Waals surface area contributed by atoms with Gasteiger partial charge in [-0.2, -0.15) is 17.6 Å². The van der Waals surface area contributed by atoms with Crippen LogP contribution in [0.1, 0.15) is 84.7 Å². The number of aryl methyl sites for hydroxylation is 1. The van der Waals surface area contributed by atoms with Crippen LogP contribution in [0.25, 0.3) is 5.57 Å². The Labute approximate surface area is 234 Å². The molecule has 0 spiro atoms. The van der Waals surface area contributed by atoms with Crippen molar-refractivity contribution in [2.24, 2.45) is 16.8 Å². The van der Waals surface area contributed by atoms with Crippen molar-refractivity contribution in [3.8, 4) is 5.75 Å². The highest BCUT2D eigenvalue weighted by atomic mass is 32.1. The summed E-state index contributed by atoms with van der Waals surface area (Å²) in [5.41, 5.74) is 6.45. The number of amidine groups is 1. The number of hydrogen-bond donors (Lipinski definition) is 3. The van der Waals surface area contributed by atoms with E-state index in [0.717, 1.165) is 51.6 Å². The van der Waals surface area contributed by atoms with Crippen LogP contribution in [0.2, 0.25) is 0 Å². The molecule has 3 unspecified atom stereocenters. The maximum atomic E-state index is 5.77. The lowest BCUT2D eigenvalue weighted by Gasteiger charge is -2.16. The van der Waals surface area contributed by atoms with Gasteiger partial charge >= 0.3 is 0 Å². The van der Waals surface area contributed by atoms with Gasteiger partial charge in [0.15, 0.2) is 5.75 Å². The number of benzene rings is 1. The number of hydrogen-bond acceptors (Lipinski definition) is 6. The largest absolute Gasteiger partial charge is 0.436 e. The smallest absolute Gasteiger partial charge is 0.214 e. The molecule has 2 heterocycles. The van der Waals surface area contributed by atoms with Crippen LogP contribution < -0.4 is 15.4 Å². The van der Waals surface area contributed by atoms with E-state index in [2.05, 4.69) is 112 Å². The first-order valence-electron chi connectivity index (χ1n) is 13.6. The zero-order valence-corrected chi connectivity index (χ0v) is 25.5. The molecule has 1 aliphatic heterocycles. The SMILES string of the molecule is C=C(/N=C1/Nc2c(NC)cc(C)cc2C1=C(C)C)Oc1cnc(C(C)(C)C)nc1.CCC1CC(C)CC1S. The van der Waals surface area contributed by atoms with E-state index >= 15 is 0 Å². The summed E-state index contributed by atoms with van der Waals surface area (Å²) < 4.78 is 5.77. The number of ether oxygens (including phenoxy) is 1. The van der Waals surface area contributed by atoms with Gasteiger partial charge in [-0.25, -0.2) is 9.97 Å². The van der Waals surface area contributed by atoms with Gasteiger partial charge in [-0.1, -0.05) is 46.6 Å². The molecule has 1 aromatic carbocycles. The van der Waals surface area contributed by atoms with Crippen LogP contribution in [-0.4, -0.2) is 28.1 Å². The molecule has 2 aliphatic rings. The van der Waals surface area contributed by atoms with Crippen LogP contribution in [0.4, 0.5) is 11.4 Å². The van der Waals surface area contributed by atoms with Crippen LogP contribution in [0.15, 0.2) is 47.6 Å². The normalized spacial score (nSPS) is 21.4. The molecule has 0 radical (unpaired) electrons. The van der Waals surface area contributed by atoms with Gasteiger partial charge in [0.1, 0.15) is 11.7 Å². The third-order valence-corrected chi connectivity index (χ3v) is 7.62. The van der Waals surface area contributed by atoms with Crippen molar-refractivity contribution in [3.05, 3.63) is 59.5 Å². The molecule has 6 nitrogen and oxygen atoms in total. The third-order valence-electron chi connectivity index (χ3n) is 6.99. The molecule has 0 bridgehead atoms. The van der Waals surface area contributed by atoms with E-state index in [9.17, 15) is 0 Å². The summed E-state index contributed by atoms with van der Waals surface area (Å²) >= 11 is 4.53. The molecule has 1 aromatic heterocycles. The summed E-state index contributed by atoms with van der Waals surface area (Å²) in [6.45, 7) is 21.0. The first kappa shape index (κ1) is 29.8. The molecule has 7 heteroatoms. The molecule has 2 aromatic rings. The van der Waals surface area contributed by atoms with Gasteiger partial charge in [-0.3, -0.25) is 0 Å². The Morgan fingerprint density at radius 1 is 1.21 bits per heavy atom. The number of allylic oxidation sites excluding steroid dienone is 1. The Morgan fingerprint density at radius 3 is 2.34 bits per heavy atom. The minimum absolute atomic E-state index is 0.114. The number of nitrogens with one attached hydrogen (secondary N) is 2. The van der Waals surface area contributed by atoms with Crippen LogP contribution in [0.3, 0.4) is 0 Å². The fourth-order valence-corrected chi connectivity index (χ4v) is 5.76. The molecule has 1 saturated carbocycles. The second-order valence-corrected chi connectivity index (χ2v) is 12.4. The van der Waals surface area contributed by atoms with Gasteiger partial charge < -0.3 is 15.4 Å². The number of fused-ring (bicyclic) bond motifs is 1. The van der Waals surface area contributed by atoms with Crippen molar-refractivity contribution in [1.82, 2.24) is 9.97 Å². The van der Waals surface area contributed by atoms with Crippen molar-refractivity contribution in [1.29, 1.82) is 0 Å². The number of anilines is 2. The molecule has 3 atom stereocenters. The molecule has 2 N–H and O–H groups in total. The highest BCUT2D eigenvalue weighted by molar-refractivity contribution is 7.81. The number of thiol groups is 1. The lowest BCUT2D eigenvalue weighted by atomic mass is 9.96. The van der Waals surface area contributed by atoms with E-state index in [1.165, 1.54) is 24.8 Å². The van der Waals surface area contributed by atoms with E-state index < -0.39 is 0 Å². The molecule has 0 amide bonds. The standard InChI is InChI=1S/C23H29N5O.C8H16S/c1-13(2)19-17-9-14(3)10-18(24-8)20(17)28-21(19)27-15(4)29-16-11-25-22(26-12-16)23(5,6)7;1-3-7-4-6(2)5-8(7)9/h9-12,24H,4H2,1-3,5-8H3,(H,27,28);6-9H,3-5H2,1-2H3. The molecule has 206 valence electrons. The fourth-order valence-electron chi connectivity index (χ4n) is 5.07. The van der Waals surface area contributed by atoms with E-state index in [1.54, 1.807) is 12.4 Å². The highest BCUT2D eigenvalue weighted by Crippen LogP contribution is 2.41. The molecule has 38 heavy (non-hydrogen) atoms. The van der Waals surface area contributed by atoms with Gasteiger partial charge in [0.2, 0.25) is 5.88 Å². The molecule has 1 aliphatic carbocycles. The summed E-state index contributed by atoms with van der Waals surface area (Å²) in [5.74, 6) is 4.10. The Balaban J connectivity index is 0.000000375. The van der Waals surface area contributed by atoms with Gasteiger partial charge in [0, 0.05) is 28.8 Å². The number of aliphatic imine (C=N–C) groups is 1. The minimum Gasteiger partial charge on any atom is -0.436 e. The van der Waals surface area contributed by atoms with Crippen molar-refractivity contribution < 1.29 is 4.74 Å². The number of rotatable bonds is 5. The van der Waals surface area contributed by atoms with Crippen molar-refractivity contribution in [2.45, 2.75) is 85.3 Å². The van der Waals surface area contributed by atoms with E-state index in [4.69, 9.17) is 4.74 Å². The van der Waals surface area contributed by atoms with E-state index in [-0.39, 0.29) is 11.3 Å². The number of aromatic nitrogens is 2. The Bertz CT molecular complexity index is 1210. The van der Waals surface area contributed by atoms with Gasteiger partial charge in [0.25, 0.3) is 0 Å². The van der Waals surface area contributed by atoms with Crippen LogP contribution >= 0.6 is 12.6 Å². The summed E-state index contributed by atoms with van der Waals surface area (Å²) in [6, 6.07) is 4.27. The van der Waals surface area contributed by atoms with Crippen LogP contribution in [-0.2, 0) is 5.41 Å². The number of nitrogens with zero attached hydrogens (tertiary/aromatic N) is 3. The fraction of sp³-hybridized carbons (Fsp3) is 0.516. The summed E-state index contributed by atoms with van der Waals surface area (Å²) in [4.78, 5) is 13.4. The zero-order valence-electron chi connectivity index (χ0n) is 24.6. The third kappa shape index (κ3) is 7.19. The average molecular weight is 536 g/mol. The van der Waals surface area contributed by atoms with Gasteiger partial charge in [-0.15, -0.1) is 0 Å². The van der Waals surface area contributed by atoms with E-state index in [1.807, 2.05) is 7.05 Å². The lowest BCUT2D eigenvalue weighted by Crippen LogP contribution is -2.15. The summed E-state index contributed by atoms with van der Waals surface area (Å²) in [6.07, 6.45) is 7.37. The predicted octanol–water partition coefficient (Wildman–Crippen LogP) is 8.03. The maximum Gasteiger partial charge on any atom is 0.214 e. The summed E-state index contributed by atoms with van der Waals surface area (Å²) in [7, 11) is 1.91. The first-order chi connectivity index (χ1) is 17.8. The Morgan fingerprint density at radius 2 is 1.87 bits per heavy atom. The first-order valence-corrected chi connectivity index (χ1v) is 14.1. The van der Waals surface area contributed by atoms with Gasteiger partial charge in [0.05, 0.1) is 23.8 Å². The van der Waals surface area contributed by atoms with Gasteiger partial charge in [-0.05, 0) is 69.7 Å². The molecule has 4 rings (SSSR count). The average Bonchev–Trinajstić information content (AvgIpc) is 3.36. The topological polar surface area (TPSA) is 71.4 Å². The Hall–Kier alpha value is -2.80. The molecule has 0 saturated heterocycles. The maximum absolute atomic E-state index is 5.77. The van der Waals surface area contributed by atoms with Crippen LogP contribution in [0.5, 0.6) is 5.75 Å². The molecular formula is C31H45N5OS. The summed E-state index contributed by atoms with van der Waals surface area (Å²) in [5, 5.41) is 7.36. The Kier molecular flexibility index (Phi) is 9.69. The molecule has 1 fully saturated rings. The van der Waals surface area contributed by atoms with Crippen LogP contribution in [0, 0.1) is 18.8 Å². The zero-order chi connectivity index (χ0) is 28.2. The van der Waals surface area contributed by atoms with Crippen molar-refractivity contribution in [3.63, 3.8) is 0 Å². The van der Waals surface area contributed by atoms with Crippen molar-refractivity contribution >= 4 is 35.4 Å². The highest BCUT2D eigenvalue weighted by Gasteiger charge is 2.28. The second-order valence-electron chi connectivity index (χ2n) is 11.7. The van der Waals surface area contributed by atoms with E-state index in [0.29, 0.717) is 11.0 Å². The van der Waals surface area contributed by atoms with Crippen molar-refractivity contribution in [2.75, 3.05) is 17.7 Å². The molecular weight excluding hydrogens is 490 g/mol. The second kappa shape index (κ2) is 12.4. The predicted molar refractivity (Wildman–Crippen MR) is 166 cm³/mol. The monoisotopic (exact) mass is 535 g/mol.